The Morgan fingerprint density at radius 3 is 2.53 bits per heavy atom. The van der Waals surface area contributed by atoms with Crippen LogP contribution in [-0.4, -0.2) is 24.6 Å². The number of allylic oxidation sites excluding steroid dienone is 2. The van der Waals surface area contributed by atoms with E-state index in [0.717, 1.165) is 0 Å². The number of hydrogen-bond donors (Lipinski definition) is 2. The molecule has 1 aliphatic carbocycles. The Bertz CT molecular complexity index is 628. The van der Waals surface area contributed by atoms with Gasteiger partial charge in [0.2, 0.25) is 10.0 Å². The summed E-state index contributed by atoms with van der Waals surface area (Å²) in [6.45, 7) is 0. The Hall–Kier alpha value is -0.850. The minimum Gasteiger partial charge on any atom is -0.384 e. The molecule has 0 aromatic heterocycles. The average Bonchev–Trinajstić information content (AvgIpc) is 2.36. The molecule has 102 valence electrons. The minimum absolute atomic E-state index is 0.0568. The highest BCUT2D eigenvalue weighted by Crippen LogP contribution is 2.31. The molecule has 4 nitrogen and oxygen atoms in total. The van der Waals surface area contributed by atoms with Gasteiger partial charge in [0.25, 0.3) is 0 Å². The molecule has 0 bridgehead atoms. The van der Waals surface area contributed by atoms with Crippen LogP contribution in [0.25, 0.3) is 0 Å². The van der Waals surface area contributed by atoms with Gasteiger partial charge in [-0.05, 0) is 24.3 Å². The van der Waals surface area contributed by atoms with E-state index in [1.165, 1.54) is 30.4 Å². The third-order valence-corrected chi connectivity index (χ3v) is 4.97. The summed E-state index contributed by atoms with van der Waals surface area (Å²) in [5.74, 6) is 0. The standard InChI is InChI=1S/C12H11Cl2NO3S/c13-10-7-4-8-12(14,11(10)16)15-19(17,18)9-5-2-1-3-6-9/h1-8,11,15-16H. The van der Waals surface area contributed by atoms with Gasteiger partial charge in [-0.3, -0.25) is 0 Å². The van der Waals surface area contributed by atoms with Crippen molar-refractivity contribution in [2.45, 2.75) is 16.0 Å². The zero-order valence-electron chi connectivity index (χ0n) is 9.62. The first kappa shape index (κ1) is 14.6. The van der Waals surface area contributed by atoms with Gasteiger partial charge in [0.1, 0.15) is 6.10 Å². The quantitative estimate of drug-likeness (QED) is 0.661. The molecule has 0 amide bonds. The number of benzene rings is 1. The van der Waals surface area contributed by atoms with Gasteiger partial charge in [0, 0.05) is 0 Å². The summed E-state index contributed by atoms with van der Waals surface area (Å²) in [6.07, 6.45) is 2.92. The Morgan fingerprint density at radius 2 is 1.89 bits per heavy atom. The predicted octanol–water partition coefficient (Wildman–Crippen LogP) is 1.95. The summed E-state index contributed by atoms with van der Waals surface area (Å²) in [5.41, 5.74) is 0. The second-order valence-electron chi connectivity index (χ2n) is 4.00. The molecule has 2 unspecified atom stereocenters. The van der Waals surface area contributed by atoms with Crippen LogP contribution in [-0.2, 0) is 10.0 Å². The Morgan fingerprint density at radius 1 is 1.26 bits per heavy atom. The Balaban J connectivity index is 2.31. The number of aliphatic hydroxyl groups is 1. The van der Waals surface area contributed by atoms with Crippen LogP contribution in [0, 0.1) is 0 Å². The third-order valence-electron chi connectivity index (χ3n) is 2.60. The molecule has 2 N–H and O–H groups in total. The third kappa shape index (κ3) is 3.01. The van der Waals surface area contributed by atoms with E-state index in [1.54, 1.807) is 18.2 Å². The van der Waals surface area contributed by atoms with E-state index in [9.17, 15) is 13.5 Å². The number of sulfonamides is 1. The van der Waals surface area contributed by atoms with Crippen LogP contribution in [0.15, 0.2) is 58.5 Å². The molecule has 0 saturated heterocycles. The molecule has 0 heterocycles. The van der Waals surface area contributed by atoms with Gasteiger partial charge < -0.3 is 5.11 Å². The summed E-state index contributed by atoms with van der Waals surface area (Å²) in [7, 11) is -3.85. The van der Waals surface area contributed by atoms with Crippen molar-refractivity contribution in [2.24, 2.45) is 0 Å². The van der Waals surface area contributed by atoms with Crippen molar-refractivity contribution < 1.29 is 13.5 Å². The summed E-state index contributed by atoms with van der Waals surface area (Å²) >= 11 is 11.9. The van der Waals surface area contributed by atoms with E-state index in [4.69, 9.17) is 23.2 Å². The zero-order chi connectivity index (χ0) is 14.1. The highest BCUT2D eigenvalue weighted by molar-refractivity contribution is 7.89. The summed E-state index contributed by atoms with van der Waals surface area (Å²) in [4.78, 5) is -1.64. The second kappa shape index (κ2) is 5.26. The van der Waals surface area contributed by atoms with Crippen LogP contribution in [0.1, 0.15) is 0 Å². The molecule has 2 rings (SSSR count). The summed E-state index contributed by atoms with van der Waals surface area (Å²) < 4.78 is 26.6. The molecule has 0 spiro atoms. The maximum absolute atomic E-state index is 12.2. The molecule has 0 fully saturated rings. The second-order valence-corrected chi connectivity index (χ2v) is 6.74. The molecule has 1 aromatic carbocycles. The number of nitrogens with one attached hydrogen (secondary N) is 1. The fourth-order valence-electron chi connectivity index (χ4n) is 1.62. The van der Waals surface area contributed by atoms with Crippen LogP contribution in [0.3, 0.4) is 0 Å². The van der Waals surface area contributed by atoms with Crippen LogP contribution in [0.2, 0.25) is 0 Å². The molecular weight excluding hydrogens is 309 g/mol. The van der Waals surface area contributed by atoms with E-state index in [1.807, 2.05) is 0 Å². The van der Waals surface area contributed by atoms with Crippen molar-refractivity contribution in [3.63, 3.8) is 0 Å². The number of alkyl halides is 1. The lowest BCUT2D eigenvalue weighted by Gasteiger charge is -2.31. The maximum Gasteiger partial charge on any atom is 0.242 e. The first-order chi connectivity index (χ1) is 8.85. The minimum atomic E-state index is -3.85. The van der Waals surface area contributed by atoms with Crippen LogP contribution in [0.4, 0.5) is 0 Å². The average molecular weight is 320 g/mol. The van der Waals surface area contributed by atoms with E-state index in [2.05, 4.69) is 4.72 Å². The van der Waals surface area contributed by atoms with Gasteiger partial charge in [-0.1, -0.05) is 47.5 Å². The Kier molecular flexibility index (Phi) is 4.03. The molecule has 2 atom stereocenters. The molecule has 19 heavy (non-hydrogen) atoms. The highest BCUT2D eigenvalue weighted by atomic mass is 35.5. The predicted molar refractivity (Wildman–Crippen MR) is 74.4 cm³/mol. The molecule has 1 aromatic rings. The first-order valence-electron chi connectivity index (χ1n) is 5.36. The SMILES string of the molecule is O=S(=O)(NC1(Cl)C=CC=C(Cl)C1O)c1ccccc1. The first-order valence-corrected chi connectivity index (χ1v) is 7.60. The maximum atomic E-state index is 12.2. The van der Waals surface area contributed by atoms with Gasteiger partial charge in [0.15, 0.2) is 5.00 Å². The lowest BCUT2D eigenvalue weighted by molar-refractivity contribution is 0.178. The van der Waals surface area contributed by atoms with Crippen molar-refractivity contribution in [3.8, 4) is 0 Å². The number of rotatable bonds is 3. The number of halogens is 2. The van der Waals surface area contributed by atoms with Crippen molar-refractivity contribution >= 4 is 33.2 Å². The fourth-order valence-corrected chi connectivity index (χ4v) is 3.64. The molecule has 0 saturated carbocycles. The van der Waals surface area contributed by atoms with E-state index < -0.39 is 21.1 Å². The van der Waals surface area contributed by atoms with Gasteiger partial charge in [-0.15, -0.1) is 0 Å². The van der Waals surface area contributed by atoms with Crippen LogP contribution in [0.5, 0.6) is 0 Å². The molecule has 0 radical (unpaired) electrons. The fraction of sp³-hybridized carbons (Fsp3) is 0.167. The normalized spacial score (nSPS) is 27.1. The van der Waals surface area contributed by atoms with Gasteiger partial charge in [0.05, 0.1) is 9.93 Å². The van der Waals surface area contributed by atoms with Gasteiger partial charge in [-0.2, -0.15) is 4.72 Å². The lowest BCUT2D eigenvalue weighted by atomic mass is 10.1. The van der Waals surface area contributed by atoms with Gasteiger partial charge in [-0.25, -0.2) is 8.42 Å². The summed E-state index contributed by atoms with van der Waals surface area (Å²) in [5, 5.41) is 9.96. The molecule has 0 aliphatic heterocycles. The zero-order valence-corrected chi connectivity index (χ0v) is 12.0. The Labute approximate surface area is 121 Å². The number of aliphatic hydroxyl groups excluding tert-OH is 1. The van der Waals surface area contributed by atoms with Gasteiger partial charge >= 0.3 is 0 Å². The van der Waals surface area contributed by atoms with Crippen molar-refractivity contribution in [3.05, 3.63) is 53.6 Å². The van der Waals surface area contributed by atoms with Crippen molar-refractivity contribution in [1.82, 2.24) is 4.72 Å². The smallest absolute Gasteiger partial charge is 0.242 e. The van der Waals surface area contributed by atoms with Crippen LogP contribution < -0.4 is 4.72 Å². The van der Waals surface area contributed by atoms with Crippen molar-refractivity contribution in [1.29, 1.82) is 0 Å². The van der Waals surface area contributed by atoms with Crippen LogP contribution >= 0.6 is 23.2 Å². The largest absolute Gasteiger partial charge is 0.384 e. The number of hydrogen-bond acceptors (Lipinski definition) is 3. The summed E-state index contributed by atoms with van der Waals surface area (Å²) in [6, 6.07) is 7.74. The molecular formula is C12H11Cl2NO3S. The lowest BCUT2D eigenvalue weighted by Crippen LogP contribution is -2.51. The van der Waals surface area contributed by atoms with E-state index in [-0.39, 0.29) is 9.93 Å². The highest BCUT2D eigenvalue weighted by Gasteiger charge is 2.40. The topological polar surface area (TPSA) is 66.4 Å². The van der Waals surface area contributed by atoms with E-state index in [0.29, 0.717) is 0 Å². The molecule has 7 heteroatoms. The van der Waals surface area contributed by atoms with E-state index >= 15 is 0 Å². The monoisotopic (exact) mass is 319 g/mol. The molecule has 1 aliphatic rings. The van der Waals surface area contributed by atoms with Crippen molar-refractivity contribution in [2.75, 3.05) is 0 Å².